The highest BCUT2D eigenvalue weighted by atomic mass is 16.2. The lowest BCUT2D eigenvalue weighted by atomic mass is 9.74. The Morgan fingerprint density at radius 1 is 1.45 bits per heavy atom. The molecule has 20 heavy (non-hydrogen) atoms. The first-order chi connectivity index (χ1) is 9.61. The van der Waals surface area contributed by atoms with Crippen molar-refractivity contribution in [2.45, 2.75) is 25.7 Å². The standard InChI is InChI=1S/C14H23N5O/c1-18-12(15)11(8-17-18)13(20)19-7-3-5-14(10-19)4-2-6-16-9-14/h8,16H,2-7,9-10,15H2,1H3. The Balaban J connectivity index is 1.76. The summed E-state index contributed by atoms with van der Waals surface area (Å²) in [6, 6.07) is 0. The summed E-state index contributed by atoms with van der Waals surface area (Å²) in [5.41, 5.74) is 6.72. The van der Waals surface area contributed by atoms with Gasteiger partial charge in [0.05, 0.1) is 6.20 Å². The van der Waals surface area contributed by atoms with Crippen LogP contribution in [0.5, 0.6) is 0 Å². The van der Waals surface area contributed by atoms with Crippen LogP contribution in [0.1, 0.15) is 36.0 Å². The van der Waals surface area contributed by atoms with E-state index in [0.717, 1.165) is 32.6 Å². The average Bonchev–Trinajstić information content (AvgIpc) is 2.79. The van der Waals surface area contributed by atoms with Crippen LogP contribution in [-0.2, 0) is 7.05 Å². The number of likely N-dealkylation sites (tertiary alicyclic amines) is 1. The van der Waals surface area contributed by atoms with E-state index in [4.69, 9.17) is 5.73 Å². The summed E-state index contributed by atoms with van der Waals surface area (Å²) in [6.45, 7) is 3.80. The number of hydrogen-bond acceptors (Lipinski definition) is 4. The third-order valence-corrected chi connectivity index (χ3v) is 4.72. The first kappa shape index (κ1) is 13.4. The second kappa shape index (κ2) is 5.09. The molecule has 1 atom stereocenters. The average molecular weight is 277 g/mol. The van der Waals surface area contributed by atoms with E-state index < -0.39 is 0 Å². The Kier molecular flexibility index (Phi) is 3.41. The van der Waals surface area contributed by atoms with Crippen LogP contribution in [0.4, 0.5) is 5.82 Å². The summed E-state index contributed by atoms with van der Waals surface area (Å²) < 4.78 is 1.55. The van der Waals surface area contributed by atoms with Crippen molar-refractivity contribution in [2.75, 3.05) is 31.9 Å². The predicted octanol–water partition coefficient (Wildman–Crippen LogP) is 0.608. The van der Waals surface area contributed by atoms with Crippen molar-refractivity contribution < 1.29 is 4.79 Å². The highest BCUT2D eigenvalue weighted by molar-refractivity contribution is 5.98. The molecule has 3 heterocycles. The lowest BCUT2D eigenvalue weighted by Crippen LogP contribution is -2.52. The summed E-state index contributed by atoms with van der Waals surface area (Å²) in [6.07, 6.45) is 6.29. The van der Waals surface area contributed by atoms with E-state index in [1.807, 2.05) is 4.90 Å². The molecule has 2 fully saturated rings. The van der Waals surface area contributed by atoms with Gasteiger partial charge in [0.25, 0.3) is 5.91 Å². The molecule has 1 aromatic rings. The van der Waals surface area contributed by atoms with Crippen LogP contribution < -0.4 is 11.1 Å². The van der Waals surface area contributed by atoms with Gasteiger partial charge >= 0.3 is 0 Å². The number of carbonyl (C=O) groups excluding carboxylic acids is 1. The van der Waals surface area contributed by atoms with Gasteiger partial charge in [0, 0.05) is 32.1 Å². The normalized spacial score (nSPS) is 26.9. The van der Waals surface area contributed by atoms with Crippen molar-refractivity contribution in [3.63, 3.8) is 0 Å². The molecule has 0 radical (unpaired) electrons. The summed E-state index contributed by atoms with van der Waals surface area (Å²) in [5.74, 6) is 0.483. The molecule has 0 bridgehead atoms. The molecule has 6 nitrogen and oxygen atoms in total. The smallest absolute Gasteiger partial charge is 0.259 e. The number of aryl methyl sites for hydroxylation is 1. The van der Waals surface area contributed by atoms with Gasteiger partial charge in [-0.15, -0.1) is 0 Å². The number of nitrogens with two attached hydrogens (primary N) is 1. The van der Waals surface area contributed by atoms with Crippen molar-refractivity contribution in [3.8, 4) is 0 Å². The van der Waals surface area contributed by atoms with Gasteiger partial charge in [-0.2, -0.15) is 5.10 Å². The van der Waals surface area contributed by atoms with Gasteiger partial charge in [-0.25, -0.2) is 0 Å². The molecule has 3 N–H and O–H groups in total. The lowest BCUT2D eigenvalue weighted by Gasteiger charge is -2.45. The van der Waals surface area contributed by atoms with Crippen LogP contribution in [0.2, 0.25) is 0 Å². The van der Waals surface area contributed by atoms with Gasteiger partial charge in [-0.1, -0.05) is 0 Å². The van der Waals surface area contributed by atoms with Crippen LogP contribution in [0.3, 0.4) is 0 Å². The molecule has 2 aliphatic heterocycles. The number of piperidine rings is 2. The van der Waals surface area contributed by atoms with Crippen LogP contribution in [-0.4, -0.2) is 46.8 Å². The highest BCUT2D eigenvalue weighted by Gasteiger charge is 2.38. The highest BCUT2D eigenvalue weighted by Crippen LogP contribution is 2.36. The van der Waals surface area contributed by atoms with Gasteiger partial charge in [0.15, 0.2) is 0 Å². The third kappa shape index (κ3) is 2.28. The van der Waals surface area contributed by atoms with Crippen molar-refractivity contribution in [1.82, 2.24) is 20.0 Å². The predicted molar refractivity (Wildman–Crippen MR) is 77.3 cm³/mol. The van der Waals surface area contributed by atoms with Crippen LogP contribution in [0.15, 0.2) is 6.20 Å². The van der Waals surface area contributed by atoms with Crippen LogP contribution in [0, 0.1) is 5.41 Å². The van der Waals surface area contributed by atoms with E-state index in [1.165, 1.54) is 19.3 Å². The number of carbonyl (C=O) groups is 1. The van der Waals surface area contributed by atoms with Crippen molar-refractivity contribution in [3.05, 3.63) is 11.8 Å². The van der Waals surface area contributed by atoms with E-state index in [0.29, 0.717) is 11.4 Å². The molecule has 1 unspecified atom stereocenters. The third-order valence-electron chi connectivity index (χ3n) is 4.72. The first-order valence-corrected chi connectivity index (χ1v) is 7.39. The molecule has 2 saturated heterocycles. The zero-order valence-electron chi connectivity index (χ0n) is 12.1. The van der Waals surface area contributed by atoms with E-state index >= 15 is 0 Å². The molecule has 110 valence electrons. The minimum absolute atomic E-state index is 0.0280. The molecule has 1 aromatic heterocycles. The summed E-state index contributed by atoms with van der Waals surface area (Å²) in [7, 11) is 1.76. The lowest BCUT2D eigenvalue weighted by molar-refractivity contribution is 0.0435. The largest absolute Gasteiger partial charge is 0.383 e. The minimum Gasteiger partial charge on any atom is -0.383 e. The maximum atomic E-state index is 12.6. The topological polar surface area (TPSA) is 76.2 Å². The molecule has 0 aliphatic carbocycles. The summed E-state index contributed by atoms with van der Waals surface area (Å²) in [4.78, 5) is 14.6. The fraction of sp³-hybridized carbons (Fsp3) is 0.714. The Bertz CT molecular complexity index is 498. The Labute approximate surface area is 119 Å². The Morgan fingerprint density at radius 2 is 2.25 bits per heavy atom. The monoisotopic (exact) mass is 277 g/mol. The Hall–Kier alpha value is -1.56. The molecule has 0 aromatic carbocycles. The minimum atomic E-state index is 0.0280. The SMILES string of the molecule is Cn1ncc(C(=O)N2CCCC3(CCCNC3)C2)c1N. The summed E-state index contributed by atoms with van der Waals surface area (Å²) >= 11 is 0. The first-order valence-electron chi connectivity index (χ1n) is 7.39. The van der Waals surface area contributed by atoms with Crippen molar-refractivity contribution >= 4 is 11.7 Å². The molecule has 3 rings (SSSR count). The zero-order valence-corrected chi connectivity index (χ0v) is 12.1. The van der Waals surface area contributed by atoms with E-state index in [2.05, 4.69) is 10.4 Å². The van der Waals surface area contributed by atoms with Gasteiger partial charge in [-0.3, -0.25) is 9.48 Å². The quantitative estimate of drug-likeness (QED) is 0.788. The second-order valence-electron chi connectivity index (χ2n) is 6.18. The van der Waals surface area contributed by atoms with Crippen LogP contribution in [0.25, 0.3) is 0 Å². The number of amides is 1. The fourth-order valence-corrected chi connectivity index (χ4v) is 3.54. The molecular formula is C14H23N5O. The number of nitrogens with zero attached hydrogens (tertiary/aromatic N) is 3. The number of nitrogen functional groups attached to an aromatic ring is 1. The Morgan fingerprint density at radius 3 is 2.90 bits per heavy atom. The van der Waals surface area contributed by atoms with Gasteiger partial charge in [-0.05, 0) is 32.2 Å². The molecule has 2 aliphatic rings. The number of aromatic nitrogens is 2. The van der Waals surface area contributed by atoms with Gasteiger partial charge in [0.2, 0.25) is 0 Å². The second-order valence-corrected chi connectivity index (χ2v) is 6.18. The van der Waals surface area contributed by atoms with E-state index in [-0.39, 0.29) is 11.3 Å². The molecular weight excluding hydrogens is 254 g/mol. The fourth-order valence-electron chi connectivity index (χ4n) is 3.54. The number of nitrogens with one attached hydrogen (secondary N) is 1. The van der Waals surface area contributed by atoms with E-state index in [9.17, 15) is 4.79 Å². The van der Waals surface area contributed by atoms with Gasteiger partial charge in [0.1, 0.15) is 11.4 Å². The number of rotatable bonds is 1. The van der Waals surface area contributed by atoms with Crippen LogP contribution >= 0.6 is 0 Å². The van der Waals surface area contributed by atoms with Crippen molar-refractivity contribution in [2.24, 2.45) is 12.5 Å². The molecule has 1 spiro atoms. The molecule has 6 heteroatoms. The maximum Gasteiger partial charge on any atom is 0.259 e. The van der Waals surface area contributed by atoms with Crippen molar-refractivity contribution in [1.29, 1.82) is 0 Å². The summed E-state index contributed by atoms with van der Waals surface area (Å²) in [5, 5.41) is 7.55. The molecule has 0 saturated carbocycles. The van der Waals surface area contributed by atoms with Gasteiger partial charge < -0.3 is 16.0 Å². The zero-order chi connectivity index (χ0) is 14.2. The number of hydrogen-bond donors (Lipinski definition) is 2. The van der Waals surface area contributed by atoms with E-state index in [1.54, 1.807) is 17.9 Å². The molecule has 1 amide bonds. The maximum absolute atomic E-state index is 12.6. The number of anilines is 1.